The lowest BCUT2D eigenvalue weighted by Crippen LogP contribution is -2.50. The van der Waals surface area contributed by atoms with Crippen LogP contribution in [0.4, 0.5) is 0 Å². The molecule has 8 nitrogen and oxygen atoms in total. The highest BCUT2D eigenvalue weighted by Gasteiger charge is 2.31. The van der Waals surface area contributed by atoms with Gasteiger partial charge in [0.25, 0.3) is 0 Å². The van der Waals surface area contributed by atoms with Crippen molar-refractivity contribution in [1.29, 1.82) is 0 Å². The number of esters is 2. The Morgan fingerprint density at radius 2 is 1.14 bits per heavy atom. The fourth-order valence-corrected chi connectivity index (χ4v) is 4.89. The molecular formula is C41H68NO7+. The van der Waals surface area contributed by atoms with Gasteiger partial charge in [0.2, 0.25) is 0 Å². The second kappa shape index (κ2) is 32.0. The number of hydrogen-bond acceptors (Lipinski definition) is 6. The van der Waals surface area contributed by atoms with Gasteiger partial charge in [0.1, 0.15) is 6.61 Å². The van der Waals surface area contributed by atoms with E-state index in [1.165, 1.54) is 32.1 Å². The minimum atomic E-state index is -0.887. The smallest absolute Gasteiger partial charge is 0.362 e. The Morgan fingerprint density at radius 1 is 0.633 bits per heavy atom. The molecule has 0 aromatic heterocycles. The maximum atomic E-state index is 12.6. The predicted molar refractivity (Wildman–Crippen MR) is 201 cm³/mol. The van der Waals surface area contributed by atoms with E-state index >= 15 is 0 Å². The Kier molecular flexibility index (Phi) is 29.9. The number of quaternary nitrogens is 1. The Bertz CT molecular complexity index is 1030. The Morgan fingerprint density at radius 3 is 1.69 bits per heavy atom. The molecule has 0 bridgehead atoms. The lowest BCUT2D eigenvalue weighted by atomic mass is 10.1. The number of aliphatic carboxylic acids is 1. The molecule has 0 aromatic rings. The highest BCUT2D eigenvalue weighted by molar-refractivity contribution is 5.72. The number of nitrogens with zero attached hydrogens (tertiary/aromatic N) is 1. The maximum absolute atomic E-state index is 12.6. The fraction of sp³-hybridized carbons (Fsp3) is 0.634. The summed E-state index contributed by atoms with van der Waals surface area (Å²) in [6.45, 7) is 4.48. The van der Waals surface area contributed by atoms with Crippen LogP contribution in [0.5, 0.6) is 0 Å². The zero-order chi connectivity index (χ0) is 36.4. The number of likely N-dealkylation sites (N-methyl/N-ethyl adjacent to an activating group) is 1. The lowest BCUT2D eigenvalue weighted by Gasteiger charge is -2.31. The minimum Gasteiger partial charge on any atom is -0.477 e. The van der Waals surface area contributed by atoms with E-state index in [0.717, 1.165) is 51.4 Å². The summed E-state index contributed by atoms with van der Waals surface area (Å²) >= 11 is 0. The Labute approximate surface area is 298 Å². The van der Waals surface area contributed by atoms with Crippen molar-refractivity contribution < 1.29 is 38.2 Å². The van der Waals surface area contributed by atoms with Crippen LogP contribution >= 0.6 is 0 Å². The molecule has 0 radical (unpaired) electrons. The molecule has 2 atom stereocenters. The van der Waals surface area contributed by atoms with Gasteiger partial charge in [-0.3, -0.25) is 9.59 Å². The van der Waals surface area contributed by atoms with Gasteiger partial charge in [0.15, 0.2) is 12.1 Å². The van der Waals surface area contributed by atoms with Gasteiger partial charge in [0.05, 0.1) is 34.4 Å². The van der Waals surface area contributed by atoms with Crippen LogP contribution in [-0.2, 0) is 28.6 Å². The first-order valence-corrected chi connectivity index (χ1v) is 18.6. The molecule has 0 rings (SSSR count). The van der Waals surface area contributed by atoms with Crippen LogP contribution in [0, 0.1) is 0 Å². The summed E-state index contributed by atoms with van der Waals surface area (Å²) in [4.78, 5) is 36.6. The number of carboxylic acids is 1. The number of carboxylic acid groups (broad SMARTS) is 1. The third-order valence-corrected chi connectivity index (χ3v) is 7.78. The van der Waals surface area contributed by atoms with Gasteiger partial charge in [-0.15, -0.1) is 0 Å². The van der Waals surface area contributed by atoms with E-state index in [2.05, 4.69) is 26.0 Å². The number of allylic oxidation sites excluding steroid dienone is 12. The first kappa shape index (κ1) is 45.8. The molecule has 0 aliphatic carbocycles. The summed E-state index contributed by atoms with van der Waals surface area (Å²) in [7, 11) is 5.49. The minimum absolute atomic E-state index is 0.0431. The molecule has 278 valence electrons. The molecule has 0 fully saturated rings. The van der Waals surface area contributed by atoms with Crippen molar-refractivity contribution in [2.75, 3.05) is 41.0 Å². The number of ether oxygens (including phenoxy) is 3. The molecule has 0 aromatic carbocycles. The second-order valence-electron chi connectivity index (χ2n) is 13.3. The molecule has 1 N–H and O–H groups in total. The highest BCUT2D eigenvalue weighted by Crippen LogP contribution is 2.12. The molecule has 0 saturated carbocycles. The molecular weight excluding hydrogens is 618 g/mol. The Balaban J connectivity index is 4.50. The summed E-state index contributed by atoms with van der Waals surface area (Å²) in [5.74, 6) is -1.54. The number of hydrogen-bond donors (Lipinski definition) is 1. The van der Waals surface area contributed by atoms with E-state index < -0.39 is 18.1 Å². The summed E-state index contributed by atoms with van der Waals surface area (Å²) in [5.41, 5.74) is 0. The van der Waals surface area contributed by atoms with Crippen molar-refractivity contribution in [3.05, 3.63) is 72.9 Å². The third-order valence-electron chi connectivity index (χ3n) is 7.78. The van der Waals surface area contributed by atoms with Crippen LogP contribution in [0.15, 0.2) is 72.9 Å². The van der Waals surface area contributed by atoms with Crippen LogP contribution in [0.25, 0.3) is 0 Å². The van der Waals surface area contributed by atoms with E-state index in [1.807, 2.05) is 81.9 Å². The topological polar surface area (TPSA) is 99.1 Å². The van der Waals surface area contributed by atoms with Crippen molar-refractivity contribution in [2.45, 2.75) is 129 Å². The molecule has 2 unspecified atom stereocenters. The van der Waals surface area contributed by atoms with Crippen molar-refractivity contribution >= 4 is 17.9 Å². The quantitative estimate of drug-likeness (QED) is 0.0336. The zero-order valence-corrected chi connectivity index (χ0v) is 31.4. The standard InChI is InChI=1S/C41H67NO7/c1-6-8-10-12-14-16-17-18-19-20-21-22-23-24-26-27-29-31-39(43)48-36-37(35-47-34-33-38(41(45)46)42(3,4)5)49-40(44)32-30-28-25-15-13-11-9-7-2/h8,10,12,14,16-23,37-38H,6-7,9,11,13,15,24-36H2,1-5H3/p+1/b10-8+,14-12+,17-16+,19-18+,21-20+,23-22+. The normalized spacial score (nSPS) is 13.9. The number of unbranched alkanes of at least 4 members (excludes halogenated alkanes) is 10. The van der Waals surface area contributed by atoms with E-state index in [9.17, 15) is 19.5 Å². The SMILES string of the molecule is CC/C=C/C=C/C=C/C=C/C=C/C=C/CCCCCC(=O)OCC(COCCC(C(=O)O)[N+](C)(C)C)OC(=O)CCCCCCCCCC. The van der Waals surface area contributed by atoms with Crippen LogP contribution in [-0.4, -0.2) is 80.6 Å². The third kappa shape index (κ3) is 30.6. The van der Waals surface area contributed by atoms with E-state index in [1.54, 1.807) is 0 Å². The van der Waals surface area contributed by atoms with Crippen molar-refractivity contribution in [3.8, 4) is 0 Å². The van der Waals surface area contributed by atoms with E-state index in [4.69, 9.17) is 14.2 Å². The van der Waals surface area contributed by atoms with Gasteiger partial charge >= 0.3 is 17.9 Å². The number of rotatable bonds is 31. The van der Waals surface area contributed by atoms with Crippen molar-refractivity contribution in [1.82, 2.24) is 0 Å². The molecule has 0 aliphatic heterocycles. The van der Waals surface area contributed by atoms with Gasteiger partial charge in [-0.25, -0.2) is 4.79 Å². The van der Waals surface area contributed by atoms with Crippen LogP contribution in [0.3, 0.4) is 0 Å². The molecule has 0 heterocycles. The number of carbonyl (C=O) groups is 3. The first-order valence-electron chi connectivity index (χ1n) is 18.6. The molecule has 0 aliphatic rings. The maximum Gasteiger partial charge on any atom is 0.362 e. The van der Waals surface area contributed by atoms with E-state index in [0.29, 0.717) is 19.3 Å². The summed E-state index contributed by atoms with van der Waals surface area (Å²) < 4.78 is 17.1. The van der Waals surface area contributed by atoms with Crippen molar-refractivity contribution in [2.24, 2.45) is 0 Å². The predicted octanol–water partition coefficient (Wildman–Crippen LogP) is 9.24. The largest absolute Gasteiger partial charge is 0.477 e. The monoisotopic (exact) mass is 686 g/mol. The van der Waals surface area contributed by atoms with Gasteiger partial charge in [0, 0.05) is 19.3 Å². The fourth-order valence-electron chi connectivity index (χ4n) is 4.89. The van der Waals surface area contributed by atoms with Gasteiger partial charge in [-0.05, 0) is 32.1 Å². The molecule has 0 amide bonds. The summed E-state index contributed by atoms with van der Waals surface area (Å²) in [6.07, 6.45) is 38.1. The van der Waals surface area contributed by atoms with Crippen LogP contribution in [0.1, 0.15) is 117 Å². The van der Waals surface area contributed by atoms with Crippen LogP contribution in [0.2, 0.25) is 0 Å². The van der Waals surface area contributed by atoms with Gasteiger partial charge < -0.3 is 23.8 Å². The number of carbonyl (C=O) groups excluding carboxylic acids is 2. The average Bonchev–Trinajstić information content (AvgIpc) is 3.05. The second-order valence-corrected chi connectivity index (χ2v) is 13.3. The van der Waals surface area contributed by atoms with Gasteiger partial charge in [-0.1, -0.05) is 138 Å². The van der Waals surface area contributed by atoms with Crippen molar-refractivity contribution in [3.63, 3.8) is 0 Å². The zero-order valence-electron chi connectivity index (χ0n) is 31.4. The van der Waals surface area contributed by atoms with Crippen LogP contribution < -0.4 is 0 Å². The molecule has 49 heavy (non-hydrogen) atoms. The van der Waals surface area contributed by atoms with E-state index in [-0.39, 0.29) is 36.2 Å². The first-order chi connectivity index (χ1) is 23.6. The Hall–Kier alpha value is -3.23. The summed E-state index contributed by atoms with van der Waals surface area (Å²) in [6, 6.07) is -0.622. The van der Waals surface area contributed by atoms with Gasteiger partial charge in [-0.2, -0.15) is 0 Å². The lowest BCUT2D eigenvalue weighted by molar-refractivity contribution is -0.887. The summed E-state index contributed by atoms with van der Waals surface area (Å²) in [5, 5.41) is 9.56. The average molecular weight is 687 g/mol. The molecule has 0 spiro atoms. The molecule has 8 heteroatoms. The highest BCUT2D eigenvalue weighted by atomic mass is 16.6. The molecule has 0 saturated heterocycles.